The average molecular weight is 198 g/mol. The van der Waals surface area contributed by atoms with E-state index in [9.17, 15) is 9.59 Å². The van der Waals surface area contributed by atoms with Crippen molar-refractivity contribution in [2.24, 2.45) is 0 Å². The van der Waals surface area contributed by atoms with Gasteiger partial charge in [0.1, 0.15) is 6.00 Å². The van der Waals surface area contributed by atoms with Crippen molar-refractivity contribution in [1.82, 2.24) is 0 Å². The molecule has 0 bridgehead atoms. The number of carbonyl (C=O) groups excluding carboxylic acids is 2. The molecule has 2 atom stereocenters. The molecule has 2 saturated heterocycles. The molecule has 0 radical (unpaired) electrons. The third kappa shape index (κ3) is 2.06. The molecule has 2 heterocycles. The van der Waals surface area contributed by atoms with E-state index in [4.69, 9.17) is 14.0 Å². The molecule has 0 aromatic rings. The summed E-state index contributed by atoms with van der Waals surface area (Å²) in [6.07, 6.45) is 1.03. The molecule has 0 N–H and O–H groups in total. The molecule has 0 aromatic carbocycles. The van der Waals surface area contributed by atoms with Crippen molar-refractivity contribution in [3.8, 4) is 0 Å². The van der Waals surface area contributed by atoms with E-state index in [0.717, 1.165) is 0 Å². The second-order valence-corrected chi connectivity index (χ2v) is 3.51. The topological polar surface area (TPSA) is 65.1 Å². The third-order valence-electron chi connectivity index (χ3n) is 2.28. The van der Waals surface area contributed by atoms with Crippen molar-refractivity contribution in [2.75, 3.05) is 0 Å². The van der Waals surface area contributed by atoms with Crippen LogP contribution < -0.4 is 0 Å². The smallest absolute Gasteiger partial charge is 0.497 e. The second kappa shape index (κ2) is 3.61. The van der Waals surface area contributed by atoms with E-state index in [-0.39, 0.29) is 36.9 Å². The van der Waals surface area contributed by atoms with Crippen LogP contribution in [0.1, 0.15) is 26.2 Å². The Labute approximate surface area is 81.8 Å². The molecule has 0 aromatic heterocycles. The zero-order valence-corrected chi connectivity index (χ0v) is 7.89. The lowest BCUT2D eigenvalue weighted by Crippen LogP contribution is -2.37. The first-order chi connectivity index (χ1) is 6.66. The Balaban J connectivity index is 1.97. The van der Waals surface area contributed by atoms with Gasteiger partial charge in [-0.25, -0.2) is 0 Å². The van der Waals surface area contributed by atoms with Crippen molar-refractivity contribution < 1.29 is 23.6 Å². The fourth-order valence-corrected chi connectivity index (χ4v) is 1.40. The minimum Gasteiger partial charge on any atom is -0.497 e. The first kappa shape index (κ1) is 9.52. The number of hydrogen-bond acceptors (Lipinski definition) is 5. The van der Waals surface area contributed by atoms with Crippen LogP contribution in [0.4, 0.5) is 0 Å². The summed E-state index contributed by atoms with van der Waals surface area (Å²) < 4.78 is 15.0. The maximum Gasteiger partial charge on any atom is 0.632 e. The predicted octanol–water partition coefficient (Wildman–Crippen LogP) is 0.0714. The molecule has 2 aliphatic heterocycles. The van der Waals surface area contributed by atoms with Crippen LogP contribution in [-0.4, -0.2) is 31.2 Å². The highest BCUT2D eigenvalue weighted by Crippen LogP contribution is 2.26. The summed E-state index contributed by atoms with van der Waals surface area (Å²) in [5, 5.41) is 0. The van der Waals surface area contributed by atoms with Crippen molar-refractivity contribution in [3.63, 3.8) is 0 Å². The zero-order chi connectivity index (χ0) is 10.1. The molecule has 2 rings (SSSR count). The molecular weight excluding hydrogens is 187 g/mol. The fraction of sp³-hybridized carbons (Fsp3) is 0.750. The zero-order valence-electron chi connectivity index (χ0n) is 7.89. The lowest BCUT2D eigenvalue weighted by molar-refractivity contribution is -0.143. The van der Waals surface area contributed by atoms with E-state index in [1.165, 1.54) is 0 Å². The van der Waals surface area contributed by atoms with E-state index >= 15 is 0 Å². The van der Waals surface area contributed by atoms with Crippen molar-refractivity contribution in [3.05, 3.63) is 0 Å². The number of carbonyl (C=O) groups is 2. The number of hydrogen-bond donors (Lipinski definition) is 0. The van der Waals surface area contributed by atoms with Gasteiger partial charge in [0.25, 0.3) is 11.9 Å². The van der Waals surface area contributed by atoms with Gasteiger partial charge in [0, 0.05) is 12.8 Å². The predicted molar refractivity (Wildman–Crippen MR) is 46.1 cm³/mol. The molecule has 2 fully saturated rings. The molecule has 0 unspecified atom stereocenters. The second-order valence-electron chi connectivity index (χ2n) is 3.51. The number of rotatable bonds is 1. The van der Waals surface area contributed by atoms with Crippen LogP contribution in [0.2, 0.25) is 0 Å². The highest BCUT2D eigenvalue weighted by atomic mass is 16.7. The number of epoxide rings is 1. The molecule has 14 heavy (non-hydrogen) atoms. The summed E-state index contributed by atoms with van der Waals surface area (Å²) in [5.41, 5.74) is 0. The van der Waals surface area contributed by atoms with Gasteiger partial charge in [-0.05, 0) is 13.3 Å². The van der Waals surface area contributed by atoms with Gasteiger partial charge < -0.3 is 14.0 Å². The molecule has 2 aliphatic rings. The monoisotopic (exact) mass is 198 g/mol. The molecule has 0 saturated carbocycles. The van der Waals surface area contributed by atoms with Crippen molar-refractivity contribution in [1.29, 1.82) is 0 Å². The maximum absolute atomic E-state index is 11.1. The molecule has 0 spiro atoms. The normalized spacial score (nSPS) is 32.8. The lowest BCUT2D eigenvalue weighted by Gasteiger charge is -2.15. The summed E-state index contributed by atoms with van der Waals surface area (Å²) in [4.78, 5) is 22.2. The van der Waals surface area contributed by atoms with Crippen molar-refractivity contribution >= 4 is 19.1 Å². The van der Waals surface area contributed by atoms with Gasteiger partial charge in [-0.15, -0.1) is 0 Å². The molecule has 76 valence electrons. The molecule has 5 nitrogen and oxygen atoms in total. The van der Waals surface area contributed by atoms with Gasteiger partial charge in [0.05, 0.1) is 6.10 Å². The summed E-state index contributed by atoms with van der Waals surface area (Å²) in [6, 6.07) is -0.277. The fourth-order valence-electron chi connectivity index (χ4n) is 1.40. The Morgan fingerprint density at radius 2 is 1.71 bits per heavy atom. The minimum atomic E-state index is -0.842. The summed E-state index contributed by atoms with van der Waals surface area (Å²) in [7, 11) is -0.842. The Bertz CT molecular complexity index is 248. The van der Waals surface area contributed by atoms with Crippen LogP contribution in [0.15, 0.2) is 0 Å². The Morgan fingerprint density at radius 3 is 2.14 bits per heavy atom. The highest BCUT2D eigenvalue weighted by molar-refractivity contribution is 6.51. The Hall–Kier alpha value is -1.04. The van der Waals surface area contributed by atoms with Crippen LogP contribution in [0, 0.1) is 0 Å². The summed E-state index contributed by atoms with van der Waals surface area (Å²) in [6.45, 7) is 1.84. The van der Waals surface area contributed by atoms with Crippen LogP contribution in [0.5, 0.6) is 0 Å². The van der Waals surface area contributed by atoms with E-state index in [2.05, 4.69) is 0 Å². The number of ether oxygens (including phenoxy) is 1. The summed E-state index contributed by atoms with van der Waals surface area (Å²) >= 11 is 0. The van der Waals surface area contributed by atoms with Gasteiger partial charge in [-0.3, -0.25) is 9.59 Å². The largest absolute Gasteiger partial charge is 0.632 e. The van der Waals surface area contributed by atoms with Crippen molar-refractivity contribution in [2.45, 2.75) is 38.3 Å². The van der Waals surface area contributed by atoms with E-state index in [0.29, 0.717) is 6.42 Å². The quantitative estimate of drug-likeness (QED) is 0.440. The first-order valence-corrected chi connectivity index (χ1v) is 4.71. The molecule has 6 heteroatoms. The standard InChI is InChI=1S/C8H11BO5/c1-5-8(12-5)9-13-6(10)3-2-4-7(11)14-9/h5,8H,2-4H2,1H3/t5-,8+/m0/s1. The maximum atomic E-state index is 11.1. The minimum absolute atomic E-state index is 0.0000246. The SMILES string of the molecule is C[C@@H]1O[C@H]1B1OC(=O)CCCC(=O)O1. The molecule has 0 aliphatic carbocycles. The van der Waals surface area contributed by atoms with Crippen LogP contribution in [0.3, 0.4) is 0 Å². The van der Waals surface area contributed by atoms with Gasteiger partial charge in [0.2, 0.25) is 0 Å². The van der Waals surface area contributed by atoms with Gasteiger partial charge >= 0.3 is 7.12 Å². The first-order valence-electron chi connectivity index (χ1n) is 4.71. The van der Waals surface area contributed by atoms with E-state index in [1.54, 1.807) is 0 Å². The highest BCUT2D eigenvalue weighted by Gasteiger charge is 2.53. The van der Waals surface area contributed by atoms with Gasteiger partial charge in [-0.2, -0.15) is 0 Å². The Kier molecular flexibility index (Phi) is 2.45. The van der Waals surface area contributed by atoms with E-state index < -0.39 is 7.12 Å². The Morgan fingerprint density at radius 1 is 1.21 bits per heavy atom. The van der Waals surface area contributed by atoms with E-state index in [1.807, 2.05) is 6.92 Å². The van der Waals surface area contributed by atoms with Gasteiger partial charge in [-0.1, -0.05) is 0 Å². The van der Waals surface area contributed by atoms with Crippen LogP contribution >= 0.6 is 0 Å². The van der Waals surface area contributed by atoms with Crippen LogP contribution in [0.25, 0.3) is 0 Å². The summed E-state index contributed by atoms with van der Waals surface area (Å²) in [5.74, 6) is -0.657. The van der Waals surface area contributed by atoms with Gasteiger partial charge in [0.15, 0.2) is 0 Å². The molecule has 0 amide bonds. The van der Waals surface area contributed by atoms with Crippen LogP contribution in [-0.2, 0) is 23.6 Å². The lowest BCUT2D eigenvalue weighted by atomic mass is 9.82. The average Bonchev–Trinajstić information content (AvgIpc) is 2.78. The molecular formula is C8H11BO5. The third-order valence-corrected chi connectivity index (χ3v) is 2.28.